The Hall–Kier alpha value is -7.37. The van der Waals surface area contributed by atoms with Crippen molar-refractivity contribution in [3.05, 3.63) is 151 Å². The standard InChI is InChI=1S/C42H24ClN11/c43-39-46-42-53-40(44-37(48-53)31-21-11-19-29-27-17-7-9-23-33(27)50(35(29)31)25-13-3-1-4-14-25)52-41(54(42)49-39)45-38(47-52)32-22-12-20-30-28-18-8-10-24-34(28)51(36(30)32)26-15-5-2-6-16-26/h1-24H. The molecule has 11 nitrogen and oxygen atoms in total. The molecule has 254 valence electrons. The minimum Gasteiger partial charge on any atom is -0.308 e. The fourth-order valence-corrected chi connectivity index (χ4v) is 8.17. The van der Waals surface area contributed by atoms with Gasteiger partial charge in [0.25, 0.3) is 17.3 Å². The molecule has 0 spiro atoms. The third-order valence-corrected chi connectivity index (χ3v) is 10.4. The lowest BCUT2D eigenvalue weighted by Crippen LogP contribution is -2.06. The van der Waals surface area contributed by atoms with Crippen LogP contribution in [0.1, 0.15) is 0 Å². The smallest absolute Gasteiger partial charge is 0.261 e. The summed E-state index contributed by atoms with van der Waals surface area (Å²) in [7, 11) is 0. The lowest BCUT2D eigenvalue weighted by molar-refractivity contribution is 0.817. The van der Waals surface area contributed by atoms with Gasteiger partial charge in [0.05, 0.1) is 22.1 Å². The monoisotopic (exact) mass is 717 g/mol. The van der Waals surface area contributed by atoms with Gasteiger partial charge in [-0.15, -0.1) is 15.3 Å². The van der Waals surface area contributed by atoms with Crippen LogP contribution >= 0.6 is 11.6 Å². The van der Waals surface area contributed by atoms with Crippen LogP contribution in [-0.4, -0.2) is 52.9 Å². The van der Waals surface area contributed by atoms with Crippen LogP contribution in [0.25, 0.3) is 95.1 Å². The van der Waals surface area contributed by atoms with Gasteiger partial charge in [-0.1, -0.05) is 97.1 Å². The van der Waals surface area contributed by atoms with Gasteiger partial charge in [-0.25, -0.2) is 0 Å². The van der Waals surface area contributed by atoms with Crippen molar-refractivity contribution in [2.45, 2.75) is 0 Å². The molecule has 12 heteroatoms. The fraction of sp³-hybridized carbons (Fsp3) is 0. The predicted molar refractivity (Wildman–Crippen MR) is 211 cm³/mol. The summed E-state index contributed by atoms with van der Waals surface area (Å²) >= 11 is 6.49. The molecule has 0 N–H and O–H groups in total. The number of nitrogens with zero attached hydrogens (tertiary/aromatic N) is 11. The molecule has 0 aliphatic carbocycles. The number of benzene rings is 6. The first kappa shape index (κ1) is 29.2. The maximum Gasteiger partial charge on any atom is 0.261 e. The predicted octanol–water partition coefficient (Wildman–Crippen LogP) is 9.00. The van der Waals surface area contributed by atoms with Gasteiger partial charge in [0.15, 0.2) is 11.6 Å². The second kappa shape index (κ2) is 10.8. The lowest BCUT2D eigenvalue weighted by atomic mass is 10.1. The Kier molecular flexibility index (Phi) is 5.86. The fourth-order valence-electron chi connectivity index (χ4n) is 8.02. The van der Waals surface area contributed by atoms with Gasteiger partial charge in [0.2, 0.25) is 5.28 Å². The van der Waals surface area contributed by atoms with E-state index < -0.39 is 0 Å². The van der Waals surface area contributed by atoms with Gasteiger partial charge < -0.3 is 9.13 Å². The number of aromatic nitrogens is 11. The number of hydrogen-bond acceptors (Lipinski definition) is 6. The van der Waals surface area contributed by atoms with E-state index in [9.17, 15) is 0 Å². The van der Waals surface area contributed by atoms with Crippen molar-refractivity contribution in [3.8, 4) is 34.2 Å². The van der Waals surface area contributed by atoms with E-state index in [1.165, 1.54) is 0 Å². The third kappa shape index (κ3) is 3.95. The van der Waals surface area contributed by atoms with E-state index in [0.29, 0.717) is 29.0 Å². The van der Waals surface area contributed by atoms with Crippen LogP contribution in [0, 0.1) is 0 Å². The van der Waals surface area contributed by atoms with Crippen molar-refractivity contribution < 1.29 is 0 Å². The Bertz CT molecular complexity index is 3230. The van der Waals surface area contributed by atoms with Crippen LogP contribution in [0.3, 0.4) is 0 Å². The van der Waals surface area contributed by atoms with Crippen molar-refractivity contribution in [1.29, 1.82) is 0 Å². The molecule has 6 aromatic heterocycles. The molecule has 0 atom stereocenters. The zero-order valence-electron chi connectivity index (χ0n) is 28.2. The van der Waals surface area contributed by atoms with E-state index in [-0.39, 0.29) is 5.28 Å². The molecule has 6 heterocycles. The van der Waals surface area contributed by atoms with Crippen molar-refractivity contribution in [3.63, 3.8) is 0 Å². The Morgan fingerprint density at radius 3 is 1.28 bits per heavy atom. The van der Waals surface area contributed by atoms with E-state index in [2.05, 4.69) is 116 Å². The summed E-state index contributed by atoms with van der Waals surface area (Å²) in [5.74, 6) is 2.19. The van der Waals surface area contributed by atoms with E-state index in [1.807, 2.05) is 48.5 Å². The highest BCUT2D eigenvalue weighted by Crippen LogP contribution is 2.39. The quantitative estimate of drug-likeness (QED) is 0.180. The number of rotatable bonds is 4. The first-order valence-corrected chi connectivity index (χ1v) is 17.8. The normalized spacial score (nSPS) is 12.2. The van der Waals surface area contributed by atoms with Crippen molar-refractivity contribution in [2.75, 3.05) is 0 Å². The van der Waals surface area contributed by atoms with Crippen LogP contribution in [0.15, 0.2) is 146 Å². The largest absolute Gasteiger partial charge is 0.308 e. The highest BCUT2D eigenvalue weighted by atomic mass is 35.5. The van der Waals surface area contributed by atoms with Crippen LogP contribution in [0.2, 0.25) is 5.28 Å². The summed E-state index contributed by atoms with van der Waals surface area (Å²) < 4.78 is 9.41. The molecule has 0 aliphatic rings. The van der Waals surface area contributed by atoms with Gasteiger partial charge in [0.1, 0.15) is 0 Å². The van der Waals surface area contributed by atoms with E-state index in [1.54, 1.807) is 13.5 Å². The van der Waals surface area contributed by atoms with Gasteiger partial charge in [-0.3, -0.25) is 0 Å². The number of halogens is 1. The molecular formula is C42H24ClN11. The summed E-state index contributed by atoms with van der Waals surface area (Å²) in [6, 6.07) is 50.0. The number of para-hydroxylation sites is 6. The van der Waals surface area contributed by atoms with E-state index in [4.69, 9.17) is 31.8 Å². The maximum absolute atomic E-state index is 6.49. The molecule has 0 bridgehead atoms. The Balaban J connectivity index is 1.15. The second-order valence-corrected chi connectivity index (χ2v) is 13.5. The number of fused-ring (bicyclic) bond motifs is 12. The highest BCUT2D eigenvalue weighted by Gasteiger charge is 2.25. The van der Waals surface area contributed by atoms with Crippen molar-refractivity contribution in [1.82, 2.24) is 52.9 Å². The molecule has 12 aromatic rings. The van der Waals surface area contributed by atoms with Gasteiger partial charge in [-0.05, 0) is 60.1 Å². The first-order valence-electron chi connectivity index (χ1n) is 17.4. The molecule has 0 unspecified atom stereocenters. The molecule has 0 saturated carbocycles. The zero-order chi connectivity index (χ0) is 35.5. The average molecular weight is 718 g/mol. The Morgan fingerprint density at radius 2 is 0.778 bits per heavy atom. The zero-order valence-corrected chi connectivity index (χ0v) is 28.9. The summed E-state index contributed by atoms with van der Waals surface area (Å²) in [4.78, 5) is 14.8. The van der Waals surface area contributed by atoms with Crippen LogP contribution in [0.4, 0.5) is 0 Å². The molecule has 6 aromatic carbocycles. The first-order chi connectivity index (χ1) is 26.7. The molecule has 54 heavy (non-hydrogen) atoms. The van der Waals surface area contributed by atoms with Crippen LogP contribution < -0.4 is 0 Å². The number of hydrogen-bond donors (Lipinski definition) is 0. The Morgan fingerprint density at radius 1 is 0.370 bits per heavy atom. The molecule has 0 radical (unpaired) electrons. The van der Waals surface area contributed by atoms with E-state index >= 15 is 0 Å². The van der Waals surface area contributed by atoms with Gasteiger partial charge in [0, 0.05) is 44.0 Å². The highest BCUT2D eigenvalue weighted by molar-refractivity contribution is 6.28. The summed E-state index contributed by atoms with van der Waals surface area (Å²) in [5.41, 5.74) is 7.95. The van der Waals surface area contributed by atoms with E-state index in [0.717, 1.165) is 66.1 Å². The summed E-state index contributed by atoms with van der Waals surface area (Å²) in [5, 5.41) is 19.2. The van der Waals surface area contributed by atoms with Gasteiger partial charge >= 0.3 is 0 Å². The minimum atomic E-state index is 0.0589. The van der Waals surface area contributed by atoms with Gasteiger partial charge in [-0.2, -0.15) is 28.5 Å². The molecule has 0 aliphatic heterocycles. The SMILES string of the molecule is Clc1nc2n(n1)c1nc(-c3cccc4c5ccccc5n(-c5ccccc5)c34)nn1c1nc(-c3cccc4c5ccccc5n(-c5ccccc5)c34)nn21. The average Bonchev–Trinajstić information content (AvgIpc) is 4.05. The van der Waals surface area contributed by atoms with Crippen LogP contribution in [-0.2, 0) is 0 Å². The molecule has 0 saturated heterocycles. The maximum atomic E-state index is 6.49. The summed E-state index contributed by atoms with van der Waals surface area (Å²) in [6.45, 7) is 0. The molecular weight excluding hydrogens is 694 g/mol. The summed E-state index contributed by atoms with van der Waals surface area (Å²) in [6.07, 6.45) is 0. The Labute approximate surface area is 309 Å². The van der Waals surface area contributed by atoms with Crippen LogP contribution in [0.5, 0.6) is 0 Å². The topological polar surface area (TPSA) is 100 Å². The molecule has 0 amide bonds. The van der Waals surface area contributed by atoms with Crippen molar-refractivity contribution in [2.24, 2.45) is 0 Å². The minimum absolute atomic E-state index is 0.0589. The lowest BCUT2D eigenvalue weighted by Gasteiger charge is -2.09. The van der Waals surface area contributed by atoms with Crippen molar-refractivity contribution >= 4 is 72.5 Å². The second-order valence-electron chi connectivity index (χ2n) is 13.2. The molecule has 12 rings (SSSR count). The third-order valence-electron chi connectivity index (χ3n) is 10.2. The molecule has 0 fully saturated rings.